The van der Waals surface area contributed by atoms with E-state index in [0.717, 1.165) is 33.6 Å². The first-order chi connectivity index (χ1) is 9.10. The number of hydrogen-bond donors (Lipinski definition) is 2. The predicted molar refractivity (Wildman–Crippen MR) is 86.2 cm³/mol. The van der Waals surface area contributed by atoms with Crippen molar-refractivity contribution < 1.29 is 4.79 Å². The number of hydrogen-bond acceptors (Lipinski definition) is 4. The number of fused-ring (bicyclic) bond motifs is 1. The molecule has 0 spiro atoms. The summed E-state index contributed by atoms with van der Waals surface area (Å²) in [6.45, 7) is 2.89. The van der Waals surface area contributed by atoms with Gasteiger partial charge in [0.15, 0.2) is 0 Å². The fourth-order valence-electron chi connectivity index (χ4n) is 1.77. The van der Waals surface area contributed by atoms with Crippen LogP contribution in [0, 0.1) is 0 Å². The number of nitrogen functional groups attached to an aromatic ring is 1. The van der Waals surface area contributed by atoms with Gasteiger partial charge < -0.3 is 11.1 Å². The van der Waals surface area contributed by atoms with Crippen molar-refractivity contribution in [3.8, 4) is 0 Å². The molecule has 1 unspecified atom stereocenters. The number of nitrogens with one attached hydrogen (secondary N) is 1. The molecule has 1 aromatic heterocycles. The number of anilines is 1. The van der Waals surface area contributed by atoms with Gasteiger partial charge in [0.2, 0.25) is 0 Å². The molecule has 0 aliphatic heterocycles. The maximum atomic E-state index is 12.0. The average molecular weight is 294 g/mol. The van der Waals surface area contributed by atoms with E-state index < -0.39 is 0 Å². The zero-order valence-electron chi connectivity index (χ0n) is 11.1. The molecule has 1 atom stereocenters. The molecule has 0 saturated heterocycles. The van der Waals surface area contributed by atoms with Gasteiger partial charge in [-0.25, -0.2) is 0 Å². The highest BCUT2D eigenvalue weighted by Gasteiger charge is 2.10. The van der Waals surface area contributed by atoms with Gasteiger partial charge in [0, 0.05) is 22.2 Å². The first-order valence-electron chi connectivity index (χ1n) is 6.20. The van der Waals surface area contributed by atoms with E-state index in [1.54, 1.807) is 0 Å². The third kappa shape index (κ3) is 3.64. The first-order valence-corrected chi connectivity index (χ1v) is 8.30. The van der Waals surface area contributed by atoms with E-state index in [1.807, 2.05) is 36.0 Å². The zero-order chi connectivity index (χ0) is 13.8. The second-order valence-electron chi connectivity index (χ2n) is 4.50. The molecule has 0 saturated carbocycles. The molecule has 1 amide bonds. The normalized spacial score (nSPS) is 12.5. The van der Waals surface area contributed by atoms with Gasteiger partial charge in [-0.15, -0.1) is 11.3 Å². The molecule has 102 valence electrons. The zero-order valence-corrected chi connectivity index (χ0v) is 12.7. The van der Waals surface area contributed by atoms with Crippen LogP contribution in [0.4, 0.5) is 5.69 Å². The van der Waals surface area contributed by atoms with Crippen molar-refractivity contribution in [2.24, 2.45) is 0 Å². The molecule has 5 heteroatoms. The van der Waals surface area contributed by atoms with Gasteiger partial charge in [-0.3, -0.25) is 4.79 Å². The lowest BCUT2D eigenvalue weighted by molar-refractivity contribution is 0.0957. The number of carbonyl (C=O) groups is 1. The number of thioether (sulfide) groups is 1. The summed E-state index contributed by atoms with van der Waals surface area (Å²) >= 11 is 3.32. The second kappa shape index (κ2) is 6.30. The van der Waals surface area contributed by atoms with E-state index in [4.69, 9.17) is 5.73 Å². The van der Waals surface area contributed by atoms with E-state index in [-0.39, 0.29) is 5.91 Å². The third-order valence-corrected chi connectivity index (χ3v) is 5.16. The Hall–Kier alpha value is -1.20. The van der Waals surface area contributed by atoms with Crippen molar-refractivity contribution in [2.75, 3.05) is 18.5 Å². The van der Waals surface area contributed by atoms with Gasteiger partial charge in [-0.05, 0) is 42.3 Å². The standard InChI is InChI=1S/C14H18N2OS2/c1-9(18-2)5-6-16-14(17)13-8-10-7-11(15)3-4-12(10)19-13/h3-4,7-9H,5-6,15H2,1-2H3,(H,16,17). The molecule has 0 fully saturated rings. The second-order valence-corrected chi connectivity index (χ2v) is 6.86. The SMILES string of the molecule is CSC(C)CCNC(=O)c1cc2cc(N)ccc2s1. The van der Waals surface area contributed by atoms with E-state index in [9.17, 15) is 4.79 Å². The van der Waals surface area contributed by atoms with Crippen LogP contribution in [0.15, 0.2) is 24.3 Å². The number of amides is 1. The van der Waals surface area contributed by atoms with Gasteiger partial charge in [0.25, 0.3) is 5.91 Å². The summed E-state index contributed by atoms with van der Waals surface area (Å²) in [7, 11) is 0. The fraction of sp³-hybridized carbons (Fsp3) is 0.357. The van der Waals surface area contributed by atoms with Gasteiger partial charge in [-0.1, -0.05) is 6.92 Å². The Labute approximate surface area is 121 Å². The van der Waals surface area contributed by atoms with Crippen LogP contribution in [-0.2, 0) is 0 Å². The molecule has 1 heterocycles. The topological polar surface area (TPSA) is 55.1 Å². The largest absolute Gasteiger partial charge is 0.399 e. The molecule has 0 aliphatic carbocycles. The molecule has 0 aliphatic rings. The highest BCUT2D eigenvalue weighted by molar-refractivity contribution is 7.99. The summed E-state index contributed by atoms with van der Waals surface area (Å²) in [6.07, 6.45) is 3.08. The lowest BCUT2D eigenvalue weighted by atomic mass is 10.2. The smallest absolute Gasteiger partial charge is 0.261 e. The number of nitrogens with two attached hydrogens (primary N) is 1. The van der Waals surface area contributed by atoms with Crippen LogP contribution in [-0.4, -0.2) is 24.0 Å². The van der Waals surface area contributed by atoms with Crippen LogP contribution in [0.5, 0.6) is 0 Å². The monoisotopic (exact) mass is 294 g/mol. The maximum Gasteiger partial charge on any atom is 0.261 e. The highest BCUT2D eigenvalue weighted by Crippen LogP contribution is 2.27. The maximum absolute atomic E-state index is 12.0. The summed E-state index contributed by atoms with van der Waals surface area (Å²) in [5, 5.41) is 4.57. The van der Waals surface area contributed by atoms with E-state index in [2.05, 4.69) is 18.5 Å². The van der Waals surface area contributed by atoms with Crippen molar-refractivity contribution in [3.63, 3.8) is 0 Å². The van der Waals surface area contributed by atoms with Crippen molar-refractivity contribution in [2.45, 2.75) is 18.6 Å². The molecular formula is C14H18N2OS2. The first kappa shape index (κ1) is 14.2. The lowest BCUT2D eigenvalue weighted by Gasteiger charge is -2.08. The van der Waals surface area contributed by atoms with Crippen LogP contribution in [0.3, 0.4) is 0 Å². The van der Waals surface area contributed by atoms with Gasteiger partial charge >= 0.3 is 0 Å². The van der Waals surface area contributed by atoms with E-state index in [1.165, 1.54) is 11.3 Å². The summed E-state index contributed by atoms with van der Waals surface area (Å²) in [5.41, 5.74) is 6.47. The summed E-state index contributed by atoms with van der Waals surface area (Å²) < 4.78 is 1.09. The quantitative estimate of drug-likeness (QED) is 0.831. The number of carbonyl (C=O) groups excluding carboxylic acids is 1. The molecule has 3 N–H and O–H groups in total. The molecule has 0 bridgehead atoms. The van der Waals surface area contributed by atoms with Crippen molar-refractivity contribution >= 4 is 44.8 Å². The van der Waals surface area contributed by atoms with Crippen LogP contribution < -0.4 is 11.1 Å². The Morgan fingerprint density at radius 1 is 1.47 bits per heavy atom. The Bertz CT molecular complexity index is 580. The summed E-state index contributed by atoms with van der Waals surface area (Å²) in [5.74, 6) is 0.00748. The van der Waals surface area contributed by atoms with Gasteiger partial charge in [-0.2, -0.15) is 11.8 Å². The van der Waals surface area contributed by atoms with E-state index in [0.29, 0.717) is 5.25 Å². The molecule has 2 aromatic rings. The van der Waals surface area contributed by atoms with Gasteiger partial charge in [0.1, 0.15) is 0 Å². The molecule has 1 aromatic carbocycles. The minimum Gasteiger partial charge on any atom is -0.399 e. The van der Waals surface area contributed by atoms with Crippen LogP contribution in [0.1, 0.15) is 23.0 Å². The fourth-order valence-corrected chi connectivity index (χ4v) is 3.08. The predicted octanol–water partition coefficient (Wildman–Crippen LogP) is 3.35. The Balaban J connectivity index is 2.01. The molecule has 3 nitrogen and oxygen atoms in total. The Kier molecular flexibility index (Phi) is 4.71. The van der Waals surface area contributed by atoms with Crippen molar-refractivity contribution in [3.05, 3.63) is 29.1 Å². The number of thiophene rings is 1. The Morgan fingerprint density at radius 2 is 2.26 bits per heavy atom. The molecule has 2 rings (SSSR count). The Morgan fingerprint density at radius 3 is 3.00 bits per heavy atom. The summed E-state index contributed by atoms with van der Waals surface area (Å²) in [6, 6.07) is 7.63. The van der Waals surface area contributed by atoms with Crippen molar-refractivity contribution in [1.82, 2.24) is 5.32 Å². The highest BCUT2D eigenvalue weighted by atomic mass is 32.2. The minimum atomic E-state index is 0.00748. The average Bonchev–Trinajstić information content (AvgIpc) is 2.81. The molecule has 0 radical (unpaired) electrons. The van der Waals surface area contributed by atoms with E-state index >= 15 is 0 Å². The van der Waals surface area contributed by atoms with Crippen LogP contribution >= 0.6 is 23.1 Å². The van der Waals surface area contributed by atoms with Crippen molar-refractivity contribution in [1.29, 1.82) is 0 Å². The number of rotatable bonds is 5. The number of benzene rings is 1. The van der Waals surface area contributed by atoms with Crippen LogP contribution in [0.25, 0.3) is 10.1 Å². The summed E-state index contributed by atoms with van der Waals surface area (Å²) in [4.78, 5) is 12.8. The minimum absolute atomic E-state index is 0.00748. The molecule has 19 heavy (non-hydrogen) atoms. The third-order valence-electron chi connectivity index (χ3n) is 3.00. The van der Waals surface area contributed by atoms with Gasteiger partial charge in [0.05, 0.1) is 4.88 Å². The lowest BCUT2D eigenvalue weighted by Crippen LogP contribution is -2.25. The van der Waals surface area contributed by atoms with Crippen LogP contribution in [0.2, 0.25) is 0 Å². The molecular weight excluding hydrogens is 276 g/mol.